The Kier molecular flexibility index (Phi) is 5.22. The predicted octanol–water partition coefficient (Wildman–Crippen LogP) is 4.32. The van der Waals surface area contributed by atoms with Gasteiger partial charge in [-0.2, -0.15) is 5.10 Å². The van der Waals surface area contributed by atoms with Crippen molar-refractivity contribution in [1.82, 2.24) is 9.78 Å². The Labute approximate surface area is 132 Å². The minimum Gasteiger partial charge on any atom is -0.257 e. The van der Waals surface area contributed by atoms with E-state index < -0.39 is 0 Å². The molecule has 0 aliphatic carbocycles. The van der Waals surface area contributed by atoms with Gasteiger partial charge in [-0.1, -0.05) is 39.7 Å². The van der Waals surface area contributed by atoms with Crippen molar-refractivity contribution >= 4 is 27.5 Å². The van der Waals surface area contributed by atoms with Gasteiger partial charge in [-0.05, 0) is 43.4 Å². The fraction of sp³-hybridized carbons (Fsp3) is 0.400. The molecule has 2 nitrogen and oxygen atoms in total. The zero-order valence-electron chi connectivity index (χ0n) is 11.5. The Bertz CT molecular complexity index is 598. The summed E-state index contributed by atoms with van der Waals surface area (Å²) in [6.07, 6.45) is 1.65. The molecule has 0 N–H and O–H groups in total. The van der Waals surface area contributed by atoms with Crippen molar-refractivity contribution in [2.75, 3.05) is 5.33 Å². The van der Waals surface area contributed by atoms with E-state index in [1.165, 1.54) is 6.07 Å². The zero-order chi connectivity index (χ0) is 14.7. The maximum atomic E-state index is 13.2. The molecule has 0 saturated carbocycles. The first-order chi connectivity index (χ1) is 9.51. The number of alkyl halides is 1. The molecule has 0 saturated heterocycles. The van der Waals surface area contributed by atoms with Gasteiger partial charge in [0.2, 0.25) is 0 Å². The van der Waals surface area contributed by atoms with Crippen molar-refractivity contribution in [3.63, 3.8) is 0 Å². The highest BCUT2D eigenvalue weighted by atomic mass is 79.9. The molecule has 1 unspecified atom stereocenters. The van der Waals surface area contributed by atoms with E-state index in [9.17, 15) is 4.39 Å². The van der Waals surface area contributed by atoms with Crippen molar-refractivity contribution in [3.05, 3.63) is 52.1 Å². The van der Waals surface area contributed by atoms with Gasteiger partial charge in [-0.3, -0.25) is 4.68 Å². The summed E-state index contributed by atoms with van der Waals surface area (Å²) >= 11 is 9.81. The molecule has 0 radical (unpaired) electrons. The fourth-order valence-electron chi connectivity index (χ4n) is 2.37. The van der Waals surface area contributed by atoms with Crippen molar-refractivity contribution in [1.29, 1.82) is 0 Å². The van der Waals surface area contributed by atoms with Crippen molar-refractivity contribution < 1.29 is 4.39 Å². The number of aryl methyl sites for hydroxylation is 2. The number of benzene rings is 1. The van der Waals surface area contributed by atoms with Gasteiger partial charge < -0.3 is 0 Å². The fourth-order valence-corrected chi connectivity index (χ4v) is 3.08. The van der Waals surface area contributed by atoms with Crippen molar-refractivity contribution in [2.45, 2.75) is 19.8 Å². The molecule has 0 amide bonds. The van der Waals surface area contributed by atoms with Gasteiger partial charge in [-0.15, -0.1) is 0 Å². The second-order valence-electron chi connectivity index (χ2n) is 5.04. The van der Waals surface area contributed by atoms with Crippen LogP contribution in [0.4, 0.5) is 4.39 Å². The Balaban J connectivity index is 2.13. The molecule has 0 fully saturated rings. The van der Waals surface area contributed by atoms with Crippen LogP contribution in [0.15, 0.2) is 24.3 Å². The highest BCUT2D eigenvalue weighted by Gasteiger charge is 2.17. The smallest absolute Gasteiger partial charge is 0.130 e. The predicted molar refractivity (Wildman–Crippen MR) is 84.0 cm³/mol. The Morgan fingerprint density at radius 1 is 1.40 bits per heavy atom. The van der Waals surface area contributed by atoms with E-state index in [4.69, 9.17) is 11.6 Å². The lowest BCUT2D eigenvalue weighted by Gasteiger charge is -2.14. The summed E-state index contributed by atoms with van der Waals surface area (Å²) < 4.78 is 14.9. The second-order valence-corrected chi connectivity index (χ2v) is 6.04. The van der Waals surface area contributed by atoms with Crippen molar-refractivity contribution in [3.8, 4) is 0 Å². The lowest BCUT2D eigenvalue weighted by Crippen LogP contribution is -2.11. The Hall–Kier alpha value is -0.870. The van der Waals surface area contributed by atoms with E-state index in [1.807, 2.05) is 20.0 Å². The Morgan fingerprint density at radius 3 is 2.70 bits per heavy atom. The van der Waals surface area contributed by atoms with E-state index in [0.717, 1.165) is 35.0 Å². The van der Waals surface area contributed by atoms with E-state index in [1.54, 1.807) is 16.8 Å². The average molecular weight is 360 g/mol. The average Bonchev–Trinajstić information content (AvgIpc) is 2.64. The maximum Gasteiger partial charge on any atom is 0.130 e. The van der Waals surface area contributed by atoms with Crippen LogP contribution >= 0.6 is 27.5 Å². The molecule has 108 valence electrons. The minimum atomic E-state index is -0.189. The number of nitrogens with zero attached hydrogens (tertiary/aromatic N) is 2. The molecule has 0 spiro atoms. The minimum absolute atomic E-state index is 0.189. The molecule has 0 aliphatic rings. The van der Waals surface area contributed by atoms with Gasteiger partial charge in [0.25, 0.3) is 0 Å². The summed E-state index contributed by atoms with van der Waals surface area (Å²) in [6, 6.07) is 6.76. The third-order valence-electron chi connectivity index (χ3n) is 3.39. The summed E-state index contributed by atoms with van der Waals surface area (Å²) in [5.41, 5.74) is 3.05. The molecule has 1 aromatic carbocycles. The molecule has 0 bridgehead atoms. The van der Waals surface area contributed by atoms with E-state index in [-0.39, 0.29) is 5.82 Å². The van der Waals surface area contributed by atoms with Gasteiger partial charge in [0, 0.05) is 17.9 Å². The lowest BCUT2D eigenvalue weighted by atomic mass is 9.94. The quantitative estimate of drug-likeness (QED) is 0.727. The summed E-state index contributed by atoms with van der Waals surface area (Å²) in [6.45, 7) is 1.97. The number of halogens is 3. The van der Waals surface area contributed by atoms with Crippen LogP contribution in [0, 0.1) is 18.7 Å². The molecule has 1 heterocycles. The van der Waals surface area contributed by atoms with Crippen molar-refractivity contribution in [2.24, 2.45) is 13.0 Å². The first kappa shape index (κ1) is 15.5. The summed E-state index contributed by atoms with van der Waals surface area (Å²) in [5, 5.41) is 5.86. The van der Waals surface area contributed by atoms with Gasteiger partial charge in [0.05, 0.1) is 5.69 Å². The van der Waals surface area contributed by atoms with Crippen LogP contribution in [0.2, 0.25) is 5.15 Å². The Morgan fingerprint density at radius 2 is 2.15 bits per heavy atom. The number of aromatic nitrogens is 2. The first-order valence-corrected chi connectivity index (χ1v) is 7.99. The summed E-state index contributed by atoms with van der Waals surface area (Å²) in [4.78, 5) is 0. The maximum absolute atomic E-state index is 13.2. The van der Waals surface area contributed by atoms with Crippen LogP contribution in [0.5, 0.6) is 0 Å². The van der Waals surface area contributed by atoms with E-state index >= 15 is 0 Å². The van der Waals surface area contributed by atoms with E-state index in [0.29, 0.717) is 11.1 Å². The zero-order valence-corrected chi connectivity index (χ0v) is 13.9. The van der Waals surface area contributed by atoms with Gasteiger partial charge in [0.15, 0.2) is 0 Å². The van der Waals surface area contributed by atoms with Crippen LogP contribution in [0.1, 0.15) is 16.8 Å². The molecule has 2 aromatic rings. The number of hydrogen-bond acceptors (Lipinski definition) is 1. The summed E-state index contributed by atoms with van der Waals surface area (Å²) in [7, 11) is 1.84. The molecule has 1 atom stereocenters. The molecule has 2 rings (SSSR count). The third-order valence-corrected chi connectivity index (χ3v) is 4.78. The lowest BCUT2D eigenvalue weighted by molar-refractivity contribution is 0.581. The van der Waals surface area contributed by atoms with Crippen LogP contribution in [-0.2, 0) is 19.9 Å². The monoisotopic (exact) mass is 358 g/mol. The standard InChI is InChI=1S/C15H17BrClFN2/c1-10-14(15(17)20(2)19-10)8-12(9-16)6-11-4-3-5-13(18)7-11/h3-5,7,12H,6,8-9H2,1-2H3. The number of hydrogen-bond donors (Lipinski definition) is 0. The van der Waals surface area contributed by atoms with Gasteiger partial charge >= 0.3 is 0 Å². The van der Waals surface area contributed by atoms with Gasteiger partial charge in [0.1, 0.15) is 11.0 Å². The SMILES string of the molecule is Cc1nn(C)c(Cl)c1CC(CBr)Cc1cccc(F)c1. The molecule has 1 aromatic heterocycles. The van der Waals surface area contributed by atoms with Gasteiger partial charge in [-0.25, -0.2) is 4.39 Å². The summed E-state index contributed by atoms with van der Waals surface area (Å²) in [5.74, 6) is 0.170. The molecule has 0 aliphatic heterocycles. The largest absolute Gasteiger partial charge is 0.257 e. The molecule has 5 heteroatoms. The van der Waals surface area contributed by atoms with Crippen LogP contribution < -0.4 is 0 Å². The molecular weight excluding hydrogens is 343 g/mol. The van der Waals surface area contributed by atoms with Crippen LogP contribution in [-0.4, -0.2) is 15.1 Å². The van der Waals surface area contributed by atoms with Crippen LogP contribution in [0.3, 0.4) is 0 Å². The third kappa shape index (κ3) is 3.61. The highest BCUT2D eigenvalue weighted by Crippen LogP contribution is 2.25. The second kappa shape index (κ2) is 6.72. The molecular formula is C15H17BrClFN2. The van der Waals surface area contributed by atoms with Crippen LogP contribution in [0.25, 0.3) is 0 Å². The number of rotatable bonds is 5. The normalized spacial score (nSPS) is 12.7. The van der Waals surface area contributed by atoms with E-state index in [2.05, 4.69) is 21.0 Å². The highest BCUT2D eigenvalue weighted by molar-refractivity contribution is 9.09. The molecule has 20 heavy (non-hydrogen) atoms. The topological polar surface area (TPSA) is 17.8 Å². The first-order valence-electron chi connectivity index (χ1n) is 6.49.